The zero-order chi connectivity index (χ0) is 20.8. The molecular formula is C21H25Cl2N3O3. The van der Waals surface area contributed by atoms with E-state index in [0.29, 0.717) is 28.8 Å². The van der Waals surface area contributed by atoms with Crippen molar-refractivity contribution in [1.29, 1.82) is 0 Å². The molecule has 0 unspecified atom stereocenters. The van der Waals surface area contributed by atoms with E-state index in [0.717, 1.165) is 37.7 Å². The van der Waals surface area contributed by atoms with Crippen molar-refractivity contribution in [3.63, 3.8) is 0 Å². The van der Waals surface area contributed by atoms with Gasteiger partial charge in [-0.1, -0.05) is 35.3 Å². The summed E-state index contributed by atoms with van der Waals surface area (Å²) in [5.74, 6) is 0.884. The highest BCUT2D eigenvalue weighted by Crippen LogP contribution is 2.35. The molecule has 1 fully saturated rings. The van der Waals surface area contributed by atoms with Gasteiger partial charge in [0.05, 0.1) is 31.5 Å². The molecule has 3 rings (SSSR count). The van der Waals surface area contributed by atoms with E-state index in [1.54, 1.807) is 12.1 Å². The molecule has 0 aromatic heterocycles. The fourth-order valence-electron chi connectivity index (χ4n) is 3.30. The third-order valence-electron chi connectivity index (χ3n) is 4.90. The average Bonchev–Trinajstić information content (AvgIpc) is 2.72. The van der Waals surface area contributed by atoms with Crippen LogP contribution in [-0.4, -0.2) is 62.7 Å². The second-order valence-corrected chi connectivity index (χ2v) is 7.76. The van der Waals surface area contributed by atoms with E-state index in [4.69, 9.17) is 32.7 Å². The number of rotatable bonds is 7. The number of hydrogen-bond acceptors (Lipinski definition) is 5. The second-order valence-electron chi connectivity index (χ2n) is 6.91. The summed E-state index contributed by atoms with van der Waals surface area (Å²) >= 11 is 12.1. The molecule has 6 nitrogen and oxygen atoms in total. The maximum absolute atomic E-state index is 12.5. The molecule has 0 saturated carbocycles. The van der Waals surface area contributed by atoms with Gasteiger partial charge < -0.3 is 14.8 Å². The first-order valence-electron chi connectivity index (χ1n) is 9.39. The molecule has 0 bridgehead atoms. The van der Waals surface area contributed by atoms with Gasteiger partial charge >= 0.3 is 0 Å². The Morgan fingerprint density at radius 2 is 1.59 bits per heavy atom. The first kappa shape index (κ1) is 21.7. The quantitative estimate of drug-likeness (QED) is 0.714. The van der Waals surface area contributed by atoms with Crippen LogP contribution in [0.4, 0.5) is 5.69 Å². The summed E-state index contributed by atoms with van der Waals surface area (Å²) in [6.45, 7) is 4.70. The molecule has 0 radical (unpaired) electrons. The van der Waals surface area contributed by atoms with Crippen LogP contribution in [0.15, 0.2) is 36.4 Å². The lowest BCUT2D eigenvalue weighted by molar-refractivity contribution is -0.117. The molecule has 156 valence electrons. The third-order valence-corrected chi connectivity index (χ3v) is 5.45. The Labute approximate surface area is 181 Å². The second kappa shape index (κ2) is 10.2. The highest BCUT2D eigenvalue weighted by Gasteiger charge is 2.20. The van der Waals surface area contributed by atoms with Crippen LogP contribution in [0.25, 0.3) is 0 Å². The van der Waals surface area contributed by atoms with Crippen LogP contribution in [0.5, 0.6) is 11.5 Å². The predicted molar refractivity (Wildman–Crippen MR) is 116 cm³/mol. The number of carbonyl (C=O) groups is 1. The molecule has 0 spiro atoms. The van der Waals surface area contributed by atoms with Crippen molar-refractivity contribution >= 4 is 34.8 Å². The Bertz CT molecular complexity index is 838. The van der Waals surface area contributed by atoms with Crippen molar-refractivity contribution < 1.29 is 14.3 Å². The van der Waals surface area contributed by atoms with Crippen LogP contribution >= 0.6 is 23.2 Å². The van der Waals surface area contributed by atoms with E-state index >= 15 is 0 Å². The van der Waals surface area contributed by atoms with E-state index < -0.39 is 0 Å². The van der Waals surface area contributed by atoms with Gasteiger partial charge in [0.25, 0.3) is 0 Å². The van der Waals surface area contributed by atoms with E-state index in [1.807, 2.05) is 12.1 Å². The molecule has 1 N–H and O–H groups in total. The number of piperazine rings is 1. The Balaban J connectivity index is 1.50. The summed E-state index contributed by atoms with van der Waals surface area (Å²) in [6, 6.07) is 11.2. The predicted octanol–water partition coefficient (Wildman–Crippen LogP) is 3.77. The van der Waals surface area contributed by atoms with Crippen LogP contribution in [0.3, 0.4) is 0 Å². The molecule has 1 saturated heterocycles. The summed E-state index contributed by atoms with van der Waals surface area (Å²) in [5, 5.41) is 4.08. The van der Waals surface area contributed by atoms with Gasteiger partial charge in [-0.25, -0.2) is 0 Å². The topological polar surface area (TPSA) is 54.0 Å². The number of benzene rings is 2. The zero-order valence-corrected chi connectivity index (χ0v) is 18.1. The Kier molecular flexibility index (Phi) is 7.61. The maximum Gasteiger partial charge on any atom is 0.238 e. The number of anilines is 1. The molecule has 2 aromatic carbocycles. The summed E-state index contributed by atoms with van der Waals surface area (Å²) in [7, 11) is 3.07. The van der Waals surface area contributed by atoms with Crippen LogP contribution in [0, 0.1) is 0 Å². The van der Waals surface area contributed by atoms with Gasteiger partial charge in [-0.2, -0.15) is 0 Å². The van der Waals surface area contributed by atoms with Gasteiger partial charge in [-0.15, -0.1) is 0 Å². The van der Waals surface area contributed by atoms with Gasteiger partial charge in [0, 0.05) is 49.9 Å². The minimum Gasteiger partial charge on any atom is -0.495 e. The molecule has 1 aliphatic heterocycles. The average molecular weight is 438 g/mol. The lowest BCUT2D eigenvalue weighted by Gasteiger charge is -2.34. The zero-order valence-electron chi connectivity index (χ0n) is 16.6. The fourth-order valence-corrected chi connectivity index (χ4v) is 3.66. The minimum atomic E-state index is -0.0983. The van der Waals surface area contributed by atoms with Crippen molar-refractivity contribution in [2.24, 2.45) is 0 Å². The van der Waals surface area contributed by atoms with Gasteiger partial charge in [-0.05, 0) is 17.7 Å². The van der Waals surface area contributed by atoms with E-state index in [9.17, 15) is 4.79 Å². The maximum atomic E-state index is 12.5. The first-order valence-corrected chi connectivity index (χ1v) is 10.1. The van der Waals surface area contributed by atoms with E-state index in [-0.39, 0.29) is 5.91 Å². The van der Waals surface area contributed by atoms with Crippen LogP contribution in [0.1, 0.15) is 5.56 Å². The lowest BCUT2D eigenvalue weighted by Crippen LogP contribution is -2.48. The number of halogens is 2. The summed E-state index contributed by atoms with van der Waals surface area (Å²) in [5.41, 5.74) is 1.78. The van der Waals surface area contributed by atoms with Crippen molar-refractivity contribution in [2.75, 3.05) is 52.3 Å². The molecule has 0 aliphatic carbocycles. The summed E-state index contributed by atoms with van der Waals surface area (Å²) in [4.78, 5) is 17.1. The van der Waals surface area contributed by atoms with Gasteiger partial charge in [0.15, 0.2) is 0 Å². The van der Waals surface area contributed by atoms with Crippen LogP contribution < -0.4 is 14.8 Å². The number of methoxy groups -OCH3 is 2. The third kappa shape index (κ3) is 6.00. The lowest BCUT2D eigenvalue weighted by atomic mass is 10.2. The van der Waals surface area contributed by atoms with Crippen LogP contribution in [0.2, 0.25) is 10.0 Å². The Hall–Kier alpha value is -1.99. The number of nitrogens with one attached hydrogen (secondary N) is 1. The van der Waals surface area contributed by atoms with Crippen molar-refractivity contribution in [3.05, 3.63) is 52.0 Å². The smallest absolute Gasteiger partial charge is 0.238 e. The normalized spacial score (nSPS) is 15.2. The number of ether oxygens (including phenoxy) is 2. The van der Waals surface area contributed by atoms with Gasteiger partial charge in [-0.3, -0.25) is 14.6 Å². The summed E-state index contributed by atoms with van der Waals surface area (Å²) in [6.07, 6.45) is 0. The minimum absolute atomic E-state index is 0.0983. The standard InChI is InChI=1S/C21H25Cl2N3O3/c1-28-19-12-18(20(29-2)11-17(19)23)24-21(27)14-26-9-7-25(8-10-26)13-15-3-5-16(22)6-4-15/h3-6,11-12H,7-10,13-14H2,1-2H3,(H,24,27). The molecule has 1 heterocycles. The summed E-state index contributed by atoms with van der Waals surface area (Å²) < 4.78 is 10.5. The Morgan fingerprint density at radius 1 is 0.966 bits per heavy atom. The first-order chi connectivity index (χ1) is 14.0. The molecule has 8 heteroatoms. The molecule has 1 aliphatic rings. The van der Waals surface area contributed by atoms with Crippen molar-refractivity contribution in [1.82, 2.24) is 9.80 Å². The van der Waals surface area contributed by atoms with Crippen molar-refractivity contribution in [2.45, 2.75) is 6.54 Å². The molecular weight excluding hydrogens is 413 g/mol. The van der Waals surface area contributed by atoms with Gasteiger partial charge in [0.1, 0.15) is 11.5 Å². The number of amides is 1. The van der Waals surface area contributed by atoms with Crippen molar-refractivity contribution in [3.8, 4) is 11.5 Å². The molecule has 0 atom stereocenters. The molecule has 29 heavy (non-hydrogen) atoms. The van der Waals surface area contributed by atoms with Crippen LogP contribution in [-0.2, 0) is 11.3 Å². The van der Waals surface area contributed by atoms with E-state index in [1.165, 1.54) is 19.8 Å². The SMILES string of the molecule is COc1cc(NC(=O)CN2CCN(Cc3ccc(Cl)cc3)CC2)c(OC)cc1Cl. The molecule has 2 aromatic rings. The fraction of sp³-hybridized carbons (Fsp3) is 0.381. The largest absolute Gasteiger partial charge is 0.495 e. The molecule has 1 amide bonds. The Morgan fingerprint density at radius 3 is 2.21 bits per heavy atom. The van der Waals surface area contributed by atoms with Gasteiger partial charge in [0.2, 0.25) is 5.91 Å². The number of hydrogen-bond donors (Lipinski definition) is 1. The number of nitrogens with zero attached hydrogens (tertiary/aromatic N) is 2. The van der Waals surface area contributed by atoms with E-state index in [2.05, 4.69) is 27.2 Å². The number of carbonyl (C=O) groups excluding carboxylic acids is 1. The highest BCUT2D eigenvalue weighted by atomic mass is 35.5. The monoisotopic (exact) mass is 437 g/mol. The highest BCUT2D eigenvalue weighted by molar-refractivity contribution is 6.32.